The third-order valence-corrected chi connectivity index (χ3v) is 5.94. The molecule has 0 unspecified atom stereocenters. The van der Waals surface area contributed by atoms with Crippen molar-refractivity contribution in [3.63, 3.8) is 0 Å². The summed E-state index contributed by atoms with van der Waals surface area (Å²) in [6, 6.07) is 13.9. The minimum Gasteiger partial charge on any atom is -0.152 e. The standard InChI is InChI=1S/C18H20S2/c1-13-6-18-12-20-10-16-5-3-4-15(8-16)9-19-11-17(13)7-14(18)2/h3-8H,9-12H2,1-2H3. The summed E-state index contributed by atoms with van der Waals surface area (Å²) < 4.78 is 0. The molecule has 20 heavy (non-hydrogen) atoms. The van der Waals surface area contributed by atoms with Gasteiger partial charge in [-0.2, -0.15) is 23.5 Å². The molecule has 4 rings (SSSR count). The van der Waals surface area contributed by atoms with Crippen molar-refractivity contribution in [3.8, 4) is 0 Å². The first-order valence-electron chi connectivity index (χ1n) is 7.04. The van der Waals surface area contributed by atoms with Gasteiger partial charge in [-0.05, 0) is 47.2 Å². The SMILES string of the molecule is Cc1cc2c(C)cc1CSCc1cccc(c1)CSC2. The molecule has 2 aliphatic rings. The lowest BCUT2D eigenvalue weighted by molar-refractivity contribution is 1.21. The summed E-state index contributed by atoms with van der Waals surface area (Å²) in [4.78, 5) is 0. The molecular weight excluding hydrogens is 280 g/mol. The van der Waals surface area contributed by atoms with E-state index in [4.69, 9.17) is 0 Å². The van der Waals surface area contributed by atoms with Crippen LogP contribution in [-0.4, -0.2) is 0 Å². The fourth-order valence-corrected chi connectivity index (χ4v) is 4.71. The quantitative estimate of drug-likeness (QED) is 0.631. The monoisotopic (exact) mass is 300 g/mol. The molecule has 104 valence electrons. The molecule has 0 spiro atoms. The van der Waals surface area contributed by atoms with Gasteiger partial charge in [-0.3, -0.25) is 0 Å². The Morgan fingerprint density at radius 1 is 0.700 bits per heavy atom. The molecule has 4 bridgehead atoms. The molecule has 2 heterocycles. The lowest BCUT2D eigenvalue weighted by Gasteiger charge is -2.11. The maximum Gasteiger partial charge on any atom is 0.0190 e. The van der Waals surface area contributed by atoms with Crippen LogP contribution in [-0.2, 0) is 23.0 Å². The molecule has 0 N–H and O–H groups in total. The molecule has 2 aliphatic heterocycles. The Labute approximate surface area is 130 Å². The zero-order valence-electron chi connectivity index (χ0n) is 12.1. The maximum atomic E-state index is 2.39. The van der Waals surface area contributed by atoms with Gasteiger partial charge in [0.25, 0.3) is 0 Å². The predicted octanol–water partition coefficient (Wildman–Crippen LogP) is 5.48. The average Bonchev–Trinajstić information content (AvgIpc) is 2.44. The van der Waals surface area contributed by atoms with E-state index in [0.29, 0.717) is 0 Å². The van der Waals surface area contributed by atoms with Crippen molar-refractivity contribution in [2.45, 2.75) is 36.9 Å². The van der Waals surface area contributed by atoms with Crippen LogP contribution in [0.5, 0.6) is 0 Å². The second-order valence-corrected chi connectivity index (χ2v) is 7.48. The van der Waals surface area contributed by atoms with Crippen LogP contribution in [0, 0.1) is 13.8 Å². The Bertz CT molecular complexity index is 566. The van der Waals surface area contributed by atoms with Crippen LogP contribution >= 0.6 is 23.5 Å². The van der Waals surface area contributed by atoms with Crippen molar-refractivity contribution in [3.05, 3.63) is 69.8 Å². The van der Waals surface area contributed by atoms with Gasteiger partial charge in [-0.25, -0.2) is 0 Å². The van der Waals surface area contributed by atoms with Crippen LogP contribution in [0.25, 0.3) is 0 Å². The molecule has 0 aromatic heterocycles. The van der Waals surface area contributed by atoms with E-state index in [1.807, 2.05) is 23.5 Å². The molecule has 0 aliphatic carbocycles. The Morgan fingerprint density at radius 3 is 1.70 bits per heavy atom. The Morgan fingerprint density at radius 2 is 1.20 bits per heavy atom. The second-order valence-electron chi connectivity index (χ2n) is 5.51. The van der Waals surface area contributed by atoms with Gasteiger partial charge in [0.1, 0.15) is 0 Å². The summed E-state index contributed by atoms with van der Waals surface area (Å²) in [5.74, 6) is 4.45. The van der Waals surface area contributed by atoms with E-state index in [9.17, 15) is 0 Å². The van der Waals surface area contributed by atoms with Crippen molar-refractivity contribution in [2.75, 3.05) is 0 Å². The molecule has 0 fully saturated rings. The van der Waals surface area contributed by atoms with Crippen LogP contribution < -0.4 is 0 Å². The number of benzene rings is 2. The highest BCUT2D eigenvalue weighted by molar-refractivity contribution is 7.98. The van der Waals surface area contributed by atoms with Gasteiger partial charge in [-0.15, -0.1) is 0 Å². The molecule has 0 saturated heterocycles. The van der Waals surface area contributed by atoms with E-state index in [2.05, 4.69) is 50.2 Å². The summed E-state index contributed by atoms with van der Waals surface area (Å²) in [6.45, 7) is 4.51. The molecular formula is C18H20S2. The fourth-order valence-electron chi connectivity index (χ4n) is 2.61. The summed E-state index contributed by atoms with van der Waals surface area (Å²) in [5, 5.41) is 0. The number of aryl methyl sites for hydroxylation is 2. The number of rotatable bonds is 0. The molecule has 0 radical (unpaired) electrons. The lowest BCUT2D eigenvalue weighted by Crippen LogP contribution is -1.94. The van der Waals surface area contributed by atoms with Crippen molar-refractivity contribution < 1.29 is 0 Å². The van der Waals surface area contributed by atoms with Gasteiger partial charge in [-0.1, -0.05) is 36.4 Å². The average molecular weight is 300 g/mol. The molecule has 0 amide bonds. The Balaban J connectivity index is 1.92. The molecule has 0 nitrogen and oxygen atoms in total. The smallest absolute Gasteiger partial charge is 0.0190 e. The van der Waals surface area contributed by atoms with Crippen LogP contribution in [0.3, 0.4) is 0 Å². The first-order valence-corrected chi connectivity index (χ1v) is 9.35. The fraction of sp³-hybridized carbons (Fsp3) is 0.333. The molecule has 2 heteroatoms. The topological polar surface area (TPSA) is 0 Å². The van der Waals surface area contributed by atoms with Gasteiger partial charge in [0.2, 0.25) is 0 Å². The molecule has 0 atom stereocenters. The van der Waals surface area contributed by atoms with Gasteiger partial charge in [0.15, 0.2) is 0 Å². The summed E-state index contributed by atoms with van der Waals surface area (Å²) in [7, 11) is 0. The normalized spacial score (nSPS) is 15.3. The summed E-state index contributed by atoms with van der Waals surface area (Å²) >= 11 is 4.04. The van der Waals surface area contributed by atoms with Crippen molar-refractivity contribution in [2.24, 2.45) is 0 Å². The van der Waals surface area contributed by atoms with E-state index in [-0.39, 0.29) is 0 Å². The van der Waals surface area contributed by atoms with E-state index >= 15 is 0 Å². The lowest BCUT2D eigenvalue weighted by atomic mass is 10.0. The highest BCUT2D eigenvalue weighted by Gasteiger charge is 2.07. The van der Waals surface area contributed by atoms with Crippen molar-refractivity contribution in [1.82, 2.24) is 0 Å². The first-order chi connectivity index (χ1) is 9.72. The van der Waals surface area contributed by atoms with Crippen LogP contribution in [0.1, 0.15) is 33.4 Å². The number of thioether (sulfide) groups is 2. The van der Waals surface area contributed by atoms with Crippen LogP contribution in [0.2, 0.25) is 0 Å². The number of hydrogen-bond donors (Lipinski definition) is 0. The highest BCUT2D eigenvalue weighted by Crippen LogP contribution is 2.28. The third-order valence-electron chi connectivity index (χ3n) is 3.84. The van der Waals surface area contributed by atoms with E-state index in [1.165, 1.54) is 33.4 Å². The van der Waals surface area contributed by atoms with Gasteiger partial charge in [0, 0.05) is 23.0 Å². The Hall–Kier alpha value is -0.860. The molecule has 2 aromatic rings. The van der Waals surface area contributed by atoms with Crippen molar-refractivity contribution >= 4 is 23.5 Å². The third kappa shape index (κ3) is 3.24. The Kier molecular flexibility index (Phi) is 4.42. The van der Waals surface area contributed by atoms with Crippen molar-refractivity contribution in [1.29, 1.82) is 0 Å². The first kappa shape index (κ1) is 14.1. The summed E-state index contributed by atoms with van der Waals surface area (Å²) in [6.07, 6.45) is 0. The van der Waals surface area contributed by atoms with Gasteiger partial charge in [0.05, 0.1) is 0 Å². The molecule has 0 saturated carbocycles. The second kappa shape index (κ2) is 6.28. The number of fused-ring (bicyclic) bond motifs is 6. The zero-order chi connectivity index (χ0) is 13.9. The van der Waals surface area contributed by atoms with E-state index in [1.54, 1.807) is 0 Å². The molecule has 2 aromatic carbocycles. The number of hydrogen-bond acceptors (Lipinski definition) is 2. The maximum absolute atomic E-state index is 2.39. The van der Waals surface area contributed by atoms with Gasteiger partial charge < -0.3 is 0 Å². The summed E-state index contributed by atoms with van der Waals surface area (Å²) in [5.41, 5.74) is 8.80. The van der Waals surface area contributed by atoms with Crippen LogP contribution in [0.15, 0.2) is 36.4 Å². The highest BCUT2D eigenvalue weighted by atomic mass is 32.2. The predicted molar refractivity (Wildman–Crippen MR) is 92.4 cm³/mol. The minimum atomic E-state index is 1.11. The van der Waals surface area contributed by atoms with Gasteiger partial charge >= 0.3 is 0 Å². The van der Waals surface area contributed by atoms with E-state index in [0.717, 1.165) is 23.0 Å². The largest absolute Gasteiger partial charge is 0.152 e. The zero-order valence-corrected chi connectivity index (χ0v) is 13.7. The van der Waals surface area contributed by atoms with Crippen LogP contribution in [0.4, 0.5) is 0 Å². The minimum absolute atomic E-state index is 1.11. The van der Waals surface area contributed by atoms with E-state index < -0.39 is 0 Å².